The number of carbonyl (C=O) groups is 1. The molecule has 1 atom stereocenters. The molecule has 2 aromatic carbocycles. The molecule has 3 aromatic rings. The Morgan fingerprint density at radius 2 is 1.85 bits per heavy atom. The average molecular weight is 454 g/mol. The summed E-state index contributed by atoms with van der Waals surface area (Å²) in [7, 11) is 0. The molecule has 9 heteroatoms. The fraction of sp³-hybridized carbons (Fsp3) is 0.292. The Labute approximate surface area is 189 Å². The molecule has 0 aliphatic carbocycles. The van der Waals surface area contributed by atoms with Gasteiger partial charge in [0.25, 0.3) is 5.91 Å². The Kier molecular flexibility index (Phi) is 6.24. The van der Waals surface area contributed by atoms with E-state index in [0.29, 0.717) is 41.2 Å². The highest BCUT2D eigenvalue weighted by atomic mass is 19.3. The Morgan fingerprint density at radius 1 is 1.12 bits per heavy atom. The summed E-state index contributed by atoms with van der Waals surface area (Å²) < 4.78 is 30.6. The van der Waals surface area contributed by atoms with Crippen LogP contribution >= 0.6 is 0 Å². The van der Waals surface area contributed by atoms with Crippen LogP contribution < -0.4 is 15.4 Å². The third-order valence-corrected chi connectivity index (χ3v) is 5.36. The molecule has 1 aromatic heterocycles. The van der Waals surface area contributed by atoms with Crippen LogP contribution in [0.2, 0.25) is 0 Å². The van der Waals surface area contributed by atoms with Gasteiger partial charge in [0.05, 0.1) is 11.6 Å². The largest absolute Gasteiger partial charge is 0.434 e. The molecule has 1 aliphatic rings. The van der Waals surface area contributed by atoms with Crippen LogP contribution in [0.15, 0.2) is 54.9 Å². The van der Waals surface area contributed by atoms with E-state index in [1.807, 2.05) is 0 Å². The fourth-order valence-corrected chi connectivity index (χ4v) is 3.72. The molecule has 33 heavy (non-hydrogen) atoms. The molecule has 0 fully saturated rings. The Hall–Kier alpha value is -3.59. The standard InChI is InChI=1S/C24H24F2N4O3/c1-24(2,32)22-28-12-15(13-29-22)14-7-8-17-19(11-14)30-18(9-10-27-21(17)31)16-5-3-4-6-20(16)33-23(25)26/h3-8,11-13,18,23,30,32H,9-10H2,1-2H3,(H,27,31). The number of nitrogens with zero attached hydrogens (tertiary/aromatic N) is 2. The molecule has 7 nitrogen and oxygen atoms in total. The van der Waals surface area contributed by atoms with Crippen molar-refractivity contribution in [2.45, 2.75) is 38.5 Å². The number of fused-ring (bicyclic) bond motifs is 1. The predicted molar refractivity (Wildman–Crippen MR) is 119 cm³/mol. The summed E-state index contributed by atoms with van der Waals surface area (Å²) in [6.07, 6.45) is 3.69. The van der Waals surface area contributed by atoms with Crippen LogP contribution in [0.4, 0.5) is 14.5 Å². The molecule has 1 aliphatic heterocycles. The van der Waals surface area contributed by atoms with Crippen molar-refractivity contribution in [1.29, 1.82) is 0 Å². The van der Waals surface area contributed by atoms with E-state index in [2.05, 4.69) is 20.6 Å². The number of nitrogens with one attached hydrogen (secondary N) is 2. The Bertz CT molecular complexity index is 1150. The second kappa shape index (κ2) is 9.11. The lowest BCUT2D eigenvalue weighted by Crippen LogP contribution is -2.31. The molecule has 1 unspecified atom stereocenters. The van der Waals surface area contributed by atoms with Crippen molar-refractivity contribution in [1.82, 2.24) is 15.3 Å². The quantitative estimate of drug-likeness (QED) is 0.533. The van der Waals surface area contributed by atoms with Crippen LogP contribution in [0, 0.1) is 0 Å². The number of carbonyl (C=O) groups excluding carboxylic acids is 1. The predicted octanol–water partition coefficient (Wildman–Crippen LogP) is 4.26. The van der Waals surface area contributed by atoms with Crippen LogP contribution in [0.1, 0.15) is 48.1 Å². The van der Waals surface area contributed by atoms with Gasteiger partial charge in [0, 0.05) is 35.8 Å². The van der Waals surface area contributed by atoms with Gasteiger partial charge in [0.2, 0.25) is 0 Å². The molecular weight excluding hydrogens is 430 g/mol. The molecule has 3 N–H and O–H groups in total. The second-order valence-corrected chi connectivity index (χ2v) is 8.27. The van der Waals surface area contributed by atoms with Crippen molar-refractivity contribution in [3.8, 4) is 16.9 Å². The molecule has 4 rings (SSSR count). The van der Waals surface area contributed by atoms with Gasteiger partial charge in [0.1, 0.15) is 11.4 Å². The van der Waals surface area contributed by atoms with Gasteiger partial charge in [-0.15, -0.1) is 0 Å². The van der Waals surface area contributed by atoms with Gasteiger partial charge in [-0.25, -0.2) is 9.97 Å². The van der Waals surface area contributed by atoms with Gasteiger partial charge in [0.15, 0.2) is 5.82 Å². The molecule has 0 saturated heterocycles. The highest BCUT2D eigenvalue weighted by molar-refractivity contribution is 6.00. The minimum Gasteiger partial charge on any atom is -0.434 e. The van der Waals surface area contributed by atoms with Crippen molar-refractivity contribution >= 4 is 11.6 Å². The Balaban J connectivity index is 1.70. The number of aromatic nitrogens is 2. The van der Waals surface area contributed by atoms with Gasteiger partial charge < -0.3 is 20.5 Å². The third-order valence-electron chi connectivity index (χ3n) is 5.36. The van der Waals surface area contributed by atoms with Crippen molar-refractivity contribution in [2.24, 2.45) is 0 Å². The topological polar surface area (TPSA) is 96.4 Å². The van der Waals surface area contributed by atoms with Gasteiger partial charge in [-0.05, 0) is 44.0 Å². The maximum absolute atomic E-state index is 12.9. The zero-order chi connectivity index (χ0) is 23.6. The smallest absolute Gasteiger partial charge is 0.387 e. The number of hydrogen-bond donors (Lipinski definition) is 3. The van der Waals surface area contributed by atoms with Gasteiger partial charge in [-0.1, -0.05) is 24.3 Å². The van der Waals surface area contributed by atoms with Crippen LogP contribution in [0.25, 0.3) is 11.1 Å². The number of halogens is 2. The summed E-state index contributed by atoms with van der Waals surface area (Å²) in [5.74, 6) is 0.157. The number of ether oxygens (including phenoxy) is 1. The zero-order valence-corrected chi connectivity index (χ0v) is 18.2. The number of anilines is 1. The number of hydrogen-bond acceptors (Lipinski definition) is 6. The maximum Gasteiger partial charge on any atom is 0.387 e. The SMILES string of the molecule is CC(C)(O)c1ncc(-c2ccc3c(c2)NC(c2ccccc2OC(F)F)CCNC3=O)cn1. The van der Waals surface area contributed by atoms with E-state index in [1.165, 1.54) is 6.07 Å². The maximum atomic E-state index is 12.9. The lowest BCUT2D eigenvalue weighted by atomic mass is 9.98. The van der Waals surface area contributed by atoms with Crippen LogP contribution in [0.3, 0.4) is 0 Å². The monoisotopic (exact) mass is 454 g/mol. The fourth-order valence-electron chi connectivity index (χ4n) is 3.72. The van der Waals surface area contributed by atoms with E-state index in [1.54, 1.807) is 62.6 Å². The molecule has 1 amide bonds. The first-order valence-electron chi connectivity index (χ1n) is 10.5. The Morgan fingerprint density at radius 3 is 2.55 bits per heavy atom. The molecule has 172 valence electrons. The summed E-state index contributed by atoms with van der Waals surface area (Å²) in [5.41, 5.74) is 1.85. The molecule has 0 bridgehead atoms. The zero-order valence-electron chi connectivity index (χ0n) is 18.2. The minimum absolute atomic E-state index is 0.0882. The van der Waals surface area contributed by atoms with Gasteiger partial charge in [-0.2, -0.15) is 8.78 Å². The summed E-state index contributed by atoms with van der Waals surface area (Å²) >= 11 is 0. The van der Waals surface area contributed by atoms with Crippen molar-refractivity contribution in [3.63, 3.8) is 0 Å². The first-order valence-corrected chi connectivity index (χ1v) is 10.5. The van der Waals surface area contributed by atoms with Crippen molar-refractivity contribution in [2.75, 3.05) is 11.9 Å². The van der Waals surface area contributed by atoms with Crippen molar-refractivity contribution in [3.05, 3.63) is 71.8 Å². The van der Waals surface area contributed by atoms with E-state index >= 15 is 0 Å². The van der Waals surface area contributed by atoms with Gasteiger partial charge in [-0.3, -0.25) is 4.79 Å². The lowest BCUT2D eigenvalue weighted by Gasteiger charge is -2.27. The number of rotatable bonds is 5. The molecule has 0 radical (unpaired) electrons. The van der Waals surface area contributed by atoms with Crippen LogP contribution in [0.5, 0.6) is 5.75 Å². The van der Waals surface area contributed by atoms with E-state index in [9.17, 15) is 18.7 Å². The summed E-state index contributed by atoms with van der Waals surface area (Å²) in [4.78, 5) is 21.1. The summed E-state index contributed by atoms with van der Waals surface area (Å²) in [6.45, 7) is 0.634. The highest BCUT2D eigenvalue weighted by Crippen LogP contribution is 2.35. The number of alkyl halides is 2. The third kappa shape index (κ3) is 5.09. The first-order chi connectivity index (χ1) is 15.7. The van der Waals surface area contributed by atoms with E-state index in [4.69, 9.17) is 4.74 Å². The van der Waals surface area contributed by atoms with Crippen molar-refractivity contribution < 1.29 is 23.4 Å². The number of aliphatic hydroxyl groups is 1. The summed E-state index contributed by atoms with van der Waals surface area (Å²) in [6, 6.07) is 11.5. The molecule has 0 spiro atoms. The van der Waals surface area contributed by atoms with Gasteiger partial charge >= 0.3 is 6.61 Å². The van der Waals surface area contributed by atoms with E-state index < -0.39 is 12.2 Å². The minimum atomic E-state index is -2.94. The number of benzene rings is 2. The van der Waals surface area contributed by atoms with E-state index in [-0.39, 0.29) is 17.7 Å². The lowest BCUT2D eigenvalue weighted by molar-refractivity contribution is -0.0505. The number of para-hydroxylation sites is 1. The summed E-state index contributed by atoms with van der Waals surface area (Å²) in [5, 5.41) is 16.3. The average Bonchev–Trinajstić information content (AvgIpc) is 2.76. The van der Waals surface area contributed by atoms with Crippen LogP contribution in [-0.4, -0.2) is 34.1 Å². The van der Waals surface area contributed by atoms with Crippen LogP contribution in [-0.2, 0) is 5.60 Å². The highest BCUT2D eigenvalue weighted by Gasteiger charge is 2.24. The molecule has 2 heterocycles. The first kappa shape index (κ1) is 22.6. The van der Waals surface area contributed by atoms with E-state index in [0.717, 1.165) is 5.56 Å². The normalized spacial score (nSPS) is 16.3. The number of amides is 1. The second-order valence-electron chi connectivity index (χ2n) is 8.27. The molecular formula is C24H24F2N4O3. The molecule has 0 saturated carbocycles.